The molecule has 4 amide bonds. The topological polar surface area (TPSA) is 155 Å². The number of fused-ring (bicyclic) bond motifs is 1. The first-order valence-corrected chi connectivity index (χ1v) is 17.2. The Morgan fingerprint density at radius 1 is 1.02 bits per heavy atom. The standard InChI is InChI=1S/C35H48N4O8/c1-2-3-4-5-6-7-16-28(36-33(44)46-26-14-10-11-15-26)31(41)39-23-27(21-29(39)30(40)37-35(18-19-35)32(42)43)47-34(45)38-20-17-24-12-8-9-13-25(24)22-38/h2-3,8-9,12-13,26-29H,4-7,10-11,14-23H2,1H3,(H,36,44)(H,37,40)(H,42,43)/b3-2-/t27-,28+,29+/m1/s1. The molecule has 256 valence electrons. The normalized spacial score (nSPS) is 22.4. The number of amides is 4. The Hall–Kier alpha value is -4.09. The van der Waals surface area contributed by atoms with Gasteiger partial charge in [0, 0.05) is 19.5 Å². The summed E-state index contributed by atoms with van der Waals surface area (Å²) >= 11 is 0. The zero-order valence-electron chi connectivity index (χ0n) is 27.3. The van der Waals surface area contributed by atoms with Gasteiger partial charge in [0.05, 0.1) is 6.54 Å². The number of aliphatic carboxylic acids is 1. The van der Waals surface area contributed by atoms with Crippen LogP contribution in [0.25, 0.3) is 0 Å². The van der Waals surface area contributed by atoms with Crippen LogP contribution in [0.4, 0.5) is 9.59 Å². The molecule has 5 rings (SSSR count). The van der Waals surface area contributed by atoms with Crippen molar-refractivity contribution >= 4 is 30.0 Å². The number of alkyl carbamates (subject to hydrolysis) is 1. The molecular formula is C35H48N4O8. The first-order valence-electron chi connectivity index (χ1n) is 17.2. The second kappa shape index (κ2) is 15.7. The van der Waals surface area contributed by atoms with Crippen molar-refractivity contribution in [1.29, 1.82) is 0 Å². The molecule has 12 nitrogen and oxygen atoms in total. The van der Waals surface area contributed by atoms with Crippen molar-refractivity contribution in [3.05, 3.63) is 47.5 Å². The van der Waals surface area contributed by atoms with Crippen LogP contribution in [0.15, 0.2) is 36.4 Å². The van der Waals surface area contributed by atoms with Gasteiger partial charge in [-0.05, 0) is 82.3 Å². The number of carbonyl (C=O) groups excluding carboxylic acids is 4. The van der Waals surface area contributed by atoms with Gasteiger partial charge in [-0.2, -0.15) is 0 Å². The number of benzene rings is 1. The van der Waals surface area contributed by atoms with Crippen molar-refractivity contribution in [3.63, 3.8) is 0 Å². The summed E-state index contributed by atoms with van der Waals surface area (Å²) in [4.78, 5) is 68.8. The zero-order valence-corrected chi connectivity index (χ0v) is 27.3. The average Bonchev–Trinajstić information content (AvgIpc) is 3.45. The van der Waals surface area contributed by atoms with Crippen LogP contribution in [-0.2, 0) is 36.8 Å². The molecule has 2 aliphatic heterocycles. The van der Waals surface area contributed by atoms with E-state index in [1.54, 1.807) is 4.90 Å². The number of carboxylic acid groups (broad SMARTS) is 1. The Kier molecular flexibility index (Phi) is 11.4. The molecule has 2 heterocycles. The van der Waals surface area contributed by atoms with E-state index in [-0.39, 0.29) is 19.1 Å². The molecule has 3 fully saturated rings. The van der Waals surface area contributed by atoms with Crippen LogP contribution in [0, 0.1) is 0 Å². The number of nitrogens with zero attached hydrogens (tertiary/aromatic N) is 2. The van der Waals surface area contributed by atoms with Gasteiger partial charge >= 0.3 is 18.2 Å². The number of rotatable bonds is 13. The Bertz CT molecular complexity index is 1340. The predicted octanol–water partition coefficient (Wildman–Crippen LogP) is 4.45. The Labute approximate surface area is 276 Å². The van der Waals surface area contributed by atoms with Gasteiger partial charge in [0.15, 0.2) is 0 Å². The van der Waals surface area contributed by atoms with Crippen LogP contribution in [0.3, 0.4) is 0 Å². The van der Waals surface area contributed by atoms with E-state index in [2.05, 4.69) is 16.7 Å². The van der Waals surface area contributed by atoms with Gasteiger partial charge in [-0.15, -0.1) is 0 Å². The quantitative estimate of drug-likeness (QED) is 0.209. The highest BCUT2D eigenvalue weighted by Gasteiger charge is 2.54. The second-order valence-electron chi connectivity index (χ2n) is 13.3. The van der Waals surface area contributed by atoms with E-state index in [9.17, 15) is 29.1 Å². The third-order valence-electron chi connectivity index (χ3n) is 9.79. The highest BCUT2D eigenvalue weighted by atomic mass is 16.6. The fourth-order valence-corrected chi connectivity index (χ4v) is 6.83. The van der Waals surface area contributed by atoms with Crippen LogP contribution in [0.5, 0.6) is 0 Å². The molecule has 3 N–H and O–H groups in total. The molecule has 0 aromatic heterocycles. The molecule has 0 unspecified atom stereocenters. The van der Waals surface area contributed by atoms with Crippen molar-refractivity contribution in [2.45, 2.75) is 127 Å². The van der Waals surface area contributed by atoms with Gasteiger partial charge in [-0.3, -0.25) is 9.59 Å². The van der Waals surface area contributed by atoms with Crippen molar-refractivity contribution in [3.8, 4) is 0 Å². The summed E-state index contributed by atoms with van der Waals surface area (Å²) in [6.45, 7) is 2.80. The number of carbonyl (C=O) groups is 5. The zero-order chi connectivity index (χ0) is 33.4. The summed E-state index contributed by atoms with van der Waals surface area (Å²) < 4.78 is 11.5. The van der Waals surface area contributed by atoms with Crippen LogP contribution in [-0.4, -0.2) is 87.8 Å². The number of likely N-dealkylation sites (tertiary alicyclic amines) is 1. The van der Waals surface area contributed by atoms with Gasteiger partial charge in [0.1, 0.15) is 29.8 Å². The van der Waals surface area contributed by atoms with Crippen LogP contribution >= 0.6 is 0 Å². The lowest BCUT2D eigenvalue weighted by Crippen LogP contribution is -2.56. The monoisotopic (exact) mass is 652 g/mol. The summed E-state index contributed by atoms with van der Waals surface area (Å²) in [6, 6.07) is 5.90. The molecule has 0 bridgehead atoms. The van der Waals surface area contributed by atoms with Gasteiger partial charge in [0.25, 0.3) is 0 Å². The molecule has 3 atom stereocenters. The molecule has 2 saturated carbocycles. The van der Waals surface area contributed by atoms with Gasteiger partial charge in [-0.1, -0.05) is 49.3 Å². The summed E-state index contributed by atoms with van der Waals surface area (Å²) in [5, 5.41) is 15.1. The molecule has 2 aliphatic carbocycles. The molecule has 0 radical (unpaired) electrons. The number of nitrogens with one attached hydrogen (secondary N) is 2. The van der Waals surface area contributed by atoms with Crippen molar-refractivity contribution in [1.82, 2.24) is 20.4 Å². The number of carboxylic acids is 1. The maximum Gasteiger partial charge on any atom is 0.410 e. The fraction of sp³-hybridized carbons (Fsp3) is 0.629. The first-order chi connectivity index (χ1) is 22.7. The Morgan fingerprint density at radius 3 is 2.47 bits per heavy atom. The minimum absolute atomic E-state index is 0.0199. The van der Waals surface area contributed by atoms with Crippen LogP contribution in [0.1, 0.15) is 95.1 Å². The van der Waals surface area contributed by atoms with Crippen LogP contribution in [0.2, 0.25) is 0 Å². The third kappa shape index (κ3) is 8.84. The maximum atomic E-state index is 14.2. The number of unbranched alkanes of at least 4 members (excludes halogenated alkanes) is 3. The lowest BCUT2D eigenvalue weighted by atomic mass is 10.0. The molecule has 12 heteroatoms. The highest BCUT2D eigenvalue weighted by molar-refractivity contribution is 5.95. The van der Waals surface area contributed by atoms with E-state index in [0.29, 0.717) is 45.2 Å². The summed E-state index contributed by atoms with van der Waals surface area (Å²) in [5.74, 6) is -2.21. The van der Waals surface area contributed by atoms with Crippen LogP contribution < -0.4 is 10.6 Å². The Morgan fingerprint density at radius 2 is 1.77 bits per heavy atom. The van der Waals surface area contributed by atoms with Crippen molar-refractivity contribution in [2.24, 2.45) is 0 Å². The SMILES string of the molecule is C/C=C\CCCCC[C@H](NC(=O)OC1CCCC1)C(=O)N1C[C@H](OC(=O)N2CCc3ccccc3C2)C[C@H]1C(=O)NC1(C(=O)O)CC1. The number of hydrogen-bond acceptors (Lipinski definition) is 7. The smallest absolute Gasteiger partial charge is 0.410 e. The lowest BCUT2D eigenvalue weighted by Gasteiger charge is -2.30. The first kappa shape index (κ1) is 34.3. The molecule has 1 aromatic carbocycles. The molecular weight excluding hydrogens is 604 g/mol. The maximum absolute atomic E-state index is 14.2. The van der Waals surface area contributed by atoms with E-state index in [4.69, 9.17) is 9.47 Å². The molecule has 1 saturated heterocycles. The van der Waals surface area contributed by atoms with E-state index in [1.165, 1.54) is 10.5 Å². The molecule has 1 aromatic rings. The fourth-order valence-electron chi connectivity index (χ4n) is 6.83. The van der Waals surface area contributed by atoms with Gasteiger partial charge in [0.2, 0.25) is 11.8 Å². The Balaban J connectivity index is 1.29. The van der Waals surface area contributed by atoms with Crippen molar-refractivity contribution < 1.29 is 38.6 Å². The second-order valence-corrected chi connectivity index (χ2v) is 13.3. The summed E-state index contributed by atoms with van der Waals surface area (Å²) in [7, 11) is 0. The molecule has 0 spiro atoms. The lowest BCUT2D eigenvalue weighted by molar-refractivity contribution is -0.145. The minimum atomic E-state index is -1.35. The number of allylic oxidation sites excluding steroid dienone is 2. The van der Waals surface area contributed by atoms with E-state index in [0.717, 1.165) is 50.5 Å². The largest absolute Gasteiger partial charge is 0.480 e. The molecule has 47 heavy (non-hydrogen) atoms. The molecule has 4 aliphatic rings. The summed E-state index contributed by atoms with van der Waals surface area (Å²) in [6.07, 6.45) is 10.5. The highest BCUT2D eigenvalue weighted by Crippen LogP contribution is 2.36. The minimum Gasteiger partial charge on any atom is -0.480 e. The van der Waals surface area contributed by atoms with Crippen molar-refractivity contribution in [2.75, 3.05) is 13.1 Å². The predicted molar refractivity (Wildman–Crippen MR) is 172 cm³/mol. The van der Waals surface area contributed by atoms with E-state index < -0.39 is 53.7 Å². The van der Waals surface area contributed by atoms with E-state index in [1.807, 2.05) is 37.3 Å². The number of hydrogen-bond donors (Lipinski definition) is 3. The average molecular weight is 653 g/mol. The van der Waals surface area contributed by atoms with Gasteiger partial charge < -0.3 is 35.0 Å². The van der Waals surface area contributed by atoms with Gasteiger partial charge in [-0.25, -0.2) is 14.4 Å². The van der Waals surface area contributed by atoms with E-state index >= 15 is 0 Å². The summed E-state index contributed by atoms with van der Waals surface area (Å²) in [5.41, 5.74) is 0.881. The number of ether oxygens (including phenoxy) is 2. The third-order valence-corrected chi connectivity index (χ3v) is 9.79.